The molecule has 0 bridgehead atoms. The Balaban J connectivity index is 4.62. The molecule has 63 heavy (non-hydrogen) atoms. The van der Waals surface area contributed by atoms with Gasteiger partial charge in [-0.2, -0.15) is 0 Å². The molecule has 0 aromatic rings. The van der Waals surface area contributed by atoms with Gasteiger partial charge in [0.2, 0.25) is 0 Å². The minimum Gasteiger partial charge on any atom is -0.462 e. The number of esters is 3. The van der Waals surface area contributed by atoms with Crippen molar-refractivity contribution in [3.05, 3.63) is 134 Å². The maximum Gasteiger partial charge on any atom is 0.306 e. The van der Waals surface area contributed by atoms with E-state index >= 15 is 0 Å². The average Bonchev–Trinajstić information content (AvgIpc) is 3.28. The lowest BCUT2D eigenvalue weighted by molar-refractivity contribution is -0.166. The molecule has 0 amide bonds. The summed E-state index contributed by atoms with van der Waals surface area (Å²) in [7, 11) is 0. The quantitative estimate of drug-likeness (QED) is 0.0263. The maximum absolute atomic E-state index is 12.8. The van der Waals surface area contributed by atoms with Gasteiger partial charge in [-0.25, -0.2) is 0 Å². The minimum atomic E-state index is -0.841. The molecule has 6 heteroatoms. The van der Waals surface area contributed by atoms with E-state index in [1.54, 1.807) is 0 Å². The molecule has 0 N–H and O–H groups in total. The Morgan fingerprint density at radius 1 is 0.333 bits per heavy atom. The normalized spacial score (nSPS) is 13.3. The van der Waals surface area contributed by atoms with Crippen LogP contribution in [0.2, 0.25) is 0 Å². The molecule has 0 radical (unpaired) electrons. The Kier molecular flexibility index (Phi) is 46.7. The van der Waals surface area contributed by atoms with Gasteiger partial charge in [-0.3, -0.25) is 14.4 Å². The molecular weight excluding hydrogens is 781 g/mol. The molecule has 352 valence electrons. The van der Waals surface area contributed by atoms with E-state index in [-0.39, 0.29) is 50.4 Å². The van der Waals surface area contributed by atoms with Crippen LogP contribution in [0.5, 0.6) is 0 Å². The molecule has 0 saturated carbocycles. The van der Waals surface area contributed by atoms with Crippen molar-refractivity contribution in [1.82, 2.24) is 0 Å². The molecule has 0 aromatic carbocycles. The van der Waals surface area contributed by atoms with Crippen molar-refractivity contribution in [1.29, 1.82) is 0 Å². The van der Waals surface area contributed by atoms with Crippen molar-refractivity contribution in [3.63, 3.8) is 0 Å². The highest BCUT2D eigenvalue weighted by Gasteiger charge is 2.19. The van der Waals surface area contributed by atoms with Gasteiger partial charge in [0.15, 0.2) is 6.10 Å². The van der Waals surface area contributed by atoms with Crippen LogP contribution in [-0.2, 0) is 28.6 Å². The van der Waals surface area contributed by atoms with Crippen LogP contribution in [-0.4, -0.2) is 37.2 Å². The lowest BCUT2D eigenvalue weighted by Crippen LogP contribution is -2.30. The number of allylic oxidation sites excluding steroid dienone is 22. The van der Waals surface area contributed by atoms with Crippen LogP contribution >= 0.6 is 0 Å². The summed E-state index contributed by atoms with van der Waals surface area (Å²) in [5, 5.41) is 0. The molecule has 0 aliphatic carbocycles. The van der Waals surface area contributed by atoms with E-state index in [9.17, 15) is 14.4 Å². The number of hydrogen-bond donors (Lipinski definition) is 0. The Hall–Kier alpha value is -4.45. The standard InChI is InChI=1S/C57H88O6/c1-4-7-10-13-16-19-22-25-27-28-30-32-35-38-41-44-47-50-56(59)62-53-54(52-61-55(58)49-46-43-40-37-34-31-24-21-18-15-12-9-6-3)63-57(60)51-48-45-42-39-36-33-29-26-23-20-17-14-11-8-5-2/h7,9-10,12,16-21,25-27,29-32,34,38,40-41,43,54H,4-6,8,11,13-15,22-24,28,33,35-37,39,42,44-53H2,1-3H3/b10-7-,12-9-,19-16-,20-17-,21-18-,27-25-,29-26-,32-30-,34-31-,41-38-,43-40-. The predicted molar refractivity (Wildman–Crippen MR) is 269 cm³/mol. The summed E-state index contributed by atoms with van der Waals surface area (Å²) in [6.45, 7) is 6.22. The molecule has 6 nitrogen and oxygen atoms in total. The van der Waals surface area contributed by atoms with Crippen molar-refractivity contribution in [2.24, 2.45) is 0 Å². The first-order valence-electron chi connectivity index (χ1n) is 24.7. The summed E-state index contributed by atoms with van der Waals surface area (Å²) in [5.41, 5.74) is 0. The van der Waals surface area contributed by atoms with E-state index in [4.69, 9.17) is 14.2 Å². The molecule has 0 fully saturated rings. The largest absolute Gasteiger partial charge is 0.462 e. The number of ether oxygens (including phenoxy) is 3. The van der Waals surface area contributed by atoms with E-state index < -0.39 is 6.10 Å². The number of hydrogen-bond acceptors (Lipinski definition) is 6. The molecular formula is C57H88O6. The van der Waals surface area contributed by atoms with Gasteiger partial charge in [0.25, 0.3) is 0 Å². The third-order valence-corrected chi connectivity index (χ3v) is 9.63. The highest BCUT2D eigenvalue weighted by atomic mass is 16.6. The second kappa shape index (κ2) is 50.2. The lowest BCUT2D eigenvalue weighted by atomic mass is 10.1. The second-order valence-electron chi connectivity index (χ2n) is 15.6. The van der Waals surface area contributed by atoms with Crippen LogP contribution in [0, 0.1) is 0 Å². The van der Waals surface area contributed by atoms with Crippen LogP contribution in [0.15, 0.2) is 134 Å². The van der Waals surface area contributed by atoms with Crippen LogP contribution in [0.3, 0.4) is 0 Å². The number of rotatable bonds is 42. The Morgan fingerprint density at radius 2 is 0.667 bits per heavy atom. The Labute approximate surface area is 385 Å². The van der Waals surface area contributed by atoms with Crippen LogP contribution in [0.1, 0.15) is 188 Å². The molecule has 0 aliphatic rings. The predicted octanol–water partition coefficient (Wildman–Crippen LogP) is 16.3. The van der Waals surface area contributed by atoms with Crippen LogP contribution in [0.25, 0.3) is 0 Å². The third-order valence-electron chi connectivity index (χ3n) is 9.63. The summed E-state index contributed by atoms with van der Waals surface area (Å²) in [6.07, 6.45) is 70.2. The zero-order valence-electron chi connectivity index (χ0n) is 40.0. The Morgan fingerprint density at radius 3 is 1.11 bits per heavy atom. The molecule has 0 spiro atoms. The molecule has 0 heterocycles. The van der Waals surface area contributed by atoms with Gasteiger partial charge in [0.1, 0.15) is 13.2 Å². The van der Waals surface area contributed by atoms with Gasteiger partial charge in [-0.05, 0) is 116 Å². The SMILES string of the molecule is CC/C=C\C/C=C\C/C=C\C/C=C\C/C=C\CCCC(=O)OCC(COC(=O)CC/C=C\C/C=C\C/C=C\C/C=C\CC)OC(=O)CCCCCCC/C=C\C/C=C\CCCCC. The molecule has 1 atom stereocenters. The maximum atomic E-state index is 12.8. The van der Waals surface area contributed by atoms with E-state index in [1.165, 1.54) is 25.7 Å². The number of unbranched alkanes of at least 4 members (excludes halogenated alkanes) is 9. The van der Waals surface area contributed by atoms with Crippen molar-refractivity contribution in [2.45, 2.75) is 194 Å². The molecule has 0 aliphatic heterocycles. The van der Waals surface area contributed by atoms with Gasteiger partial charge in [0.05, 0.1) is 0 Å². The van der Waals surface area contributed by atoms with Crippen molar-refractivity contribution in [3.8, 4) is 0 Å². The van der Waals surface area contributed by atoms with Crippen molar-refractivity contribution in [2.75, 3.05) is 13.2 Å². The minimum absolute atomic E-state index is 0.140. The summed E-state index contributed by atoms with van der Waals surface area (Å²) >= 11 is 0. The smallest absolute Gasteiger partial charge is 0.306 e. The van der Waals surface area contributed by atoms with Crippen LogP contribution < -0.4 is 0 Å². The molecule has 0 saturated heterocycles. The summed E-state index contributed by atoms with van der Waals surface area (Å²) < 4.78 is 16.6. The highest BCUT2D eigenvalue weighted by Crippen LogP contribution is 2.11. The molecule has 1 unspecified atom stereocenters. The fraction of sp³-hybridized carbons (Fsp3) is 0.561. The van der Waals surface area contributed by atoms with Gasteiger partial charge in [-0.1, -0.05) is 187 Å². The number of carbonyl (C=O) groups is 3. The van der Waals surface area contributed by atoms with Crippen molar-refractivity contribution >= 4 is 17.9 Å². The molecule has 0 rings (SSSR count). The van der Waals surface area contributed by atoms with E-state index in [0.29, 0.717) is 12.8 Å². The second-order valence-corrected chi connectivity index (χ2v) is 15.6. The summed E-state index contributed by atoms with van der Waals surface area (Å²) in [6, 6.07) is 0. The monoisotopic (exact) mass is 869 g/mol. The first kappa shape index (κ1) is 58.6. The highest BCUT2D eigenvalue weighted by molar-refractivity contribution is 5.71. The van der Waals surface area contributed by atoms with E-state index in [0.717, 1.165) is 109 Å². The fourth-order valence-electron chi connectivity index (χ4n) is 5.99. The Bertz CT molecular complexity index is 1420. The van der Waals surface area contributed by atoms with Gasteiger partial charge < -0.3 is 14.2 Å². The molecule has 0 aromatic heterocycles. The topological polar surface area (TPSA) is 78.9 Å². The zero-order chi connectivity index (χ0) is 45.8. The van der Waals surface area contributed by atoms with Gasteiger partial charge >= 0.3 is 17.9 Å². The van der Waals surface area contributed by atoms with Gasteiger partial charge in [0, 0.05) is 19.3 Å². The first-order chi connectivity index (χ1) is 31.0. The fourth-order valence-corrected chi connectivity index (χ4v) is 5.99. The summed E-state index contributed by atoms with van der Waals surface area (Å²) in [4.78, 5) is 37.9. The van der Waals surface area contributed by atoms with Gasteiger partial charge in [-0.15, -0.1) is 0 Å². The van der Waals surface area contributed by atoms with Crippen LogP contribution in [0.4, 0.5) is 0 Å². The van der Waals surface area contributed by atoms with E-state index in [2.05, 4.69) is 142 Å². The van der Waals surface area contributed by atoms with Crippen molar-refractivity contribution < 1.29 is 28.6 Å². The zero-order valence-corrected chi connectivity index (χ0v) is 40.0. The number of carbonyl (C=O) groups excluding carboxylic acids is 3. The average molecular weight is 869 g/mol. The third kappa shape index (κ3) is 48.4. The first-order valence-corrected chi connectivity index (χ1v) is 24.7. The lowest BCUT2D eigenvalue weighted by Gasteiger charge is -2.18. The summed E-state index contributed by atoms with van der Waals surface area (Å²) in [5.74, 6) is -1.10. The van der Waals surface area contributed by atoms with E-state index in [1.807, 2.05) is 12.2 Å².